The third kappa shape index (κ3) is 3.49. The molecule has 5 heteroatoms. The number of hydrogen-bond acceptors (Lipinski definition) is 4. The van der Waals surface area contributed by atoms with Crippen molar-refractivity contribution in [2.24, 2.45) is 4.99 Å². The number of benzene rings is 2. The van der Waals surface area contributed by atoms with E-state index in [2.05, 4.69) is 65.9 Å². The Morgan fingerprint density at radius 3 is 2.50 bits per heavy atom. The molecule has 2 aliphatic heterocycles. The molecule has 1 unspecified atom stereocenters. The number of para-hydroxylation sites is 1. The van der Waals surface area contributed by atoms with E-state index in [0.29, 0.717) is 16.5 Å². The Morgan fingerprint density at radius 1 is 0.912 bits per heavy atom. The number of aliphatic imine (C=N–C) groups is 1. The zero-order valence-corrected chi connectivity index (χ0v) is 19.4. The third-order valence-electron chi connectivity index (χ3n) is 7.03. The topological polar surface area (TPSA) is 50.2 Å². The summed E-state index contributed by atoms with van der Waals surface area (Å²) in [6, 6.07) is 21.2. The van der Waals surface area contributed by atoms with Gasteiger partial charge in [0.25, 0.3) is 0 Å². The molecule has 1 aliphatic carbocycles. The van der Waals surface area contributed by atoms with Gasteiger partial charge in [0.1, 0.15) is 23.6 Å². The van der Waals surface area contributed by atoms with E-state index in [1.807, 2.05) is 42.6 Å². The number of quaternary nitrogens is 1. The van der Waals surface area contributed by atoms with Crippen molar-refractivity contribution >= 4 is 28.9 Å². The van der Waals surface area contributed by atoms with Gasteiger partial charge < -0.3 is 5.32 Å². The normalized spacial score (nSPS) is 21.6. The largest absolute Gasteiger partial charge is 0.324 e. The summed E-state index contributed by atoms with van der Waals surface area (Å²) in [4.78, 5) is 14.8. The van der Waals surface area contributed by atoms with E-state index >= 15 is 0 Å². The molecule has 3 aromatic rings. The minimum absolute atomic E-state index is 0.457. The fraction of sp³-hybridized carbons (Fsp3) is 0.207. The van der Waals surface area contributed by atoms with Crippen molar-refractivity contribution in [1.82, 2.24) is 9.97 Å². The van der Waals surface area contributed by atoms with Crippen molar-refractivity contribution in [3.63, 3.8) is 0 Å². The molecule has 1 saturated carbocycles. The van der Waals surface area contributed by atoms with Crippen LogP contribution in [0.1, 0.15) is 42.5 Å². The number of fused-ring (bicyclic) bond motifs is 1. The van der Waals surface area contributed by atoms with E-state index in [1.165, 1.54) is 31.2 Å². The fourth-order valence-electron chi connectivity index (χ4n) is 5.41. The van der Waals surface area contributed by atoms with E-state index < -0.39 is 0 Å². The van der Waals surface area contributed by atoms with Gasteiger partial charge in [-0.1, -0.05) is 48.0 Å². The summed E-state index contributed by atoms with van der Waals surface area (Å²) in [5.41, 5.74) is 6.39. The first-order valence-electron chi connectivity index (χ1n) is 12.0. The number of anilines is 2. The Kier molecular flexibility index (Phi) is 5.19. The average Bonchev–Trinajstić information content (AvgIpc) is 3.53. The van der Waals surface area contributed by atoms with Crippen molar-refractivity contribution in [1.29, 1.82) is 0 Å². The third-order valence-corrected chi connectivity index (χ3v) is 7.03. The van der Waals surface area contributed by atoms with E-state index in [1.54, 1.807) is 0 Å². The van der Waals surface area contributed by atoms with Gasteiger partial charge in [-0.3, -0.25) is 0 Å². The fourth-order valence-corrected chi connectivity index (χ4v) is 5.41. The van der Waals surface area contributed by atoms with Crippen LogP contribution in [0.15, 0.2) is 96.3 Å². The molecular weight excluding hydrogens is 418 g/mol. The quantitative estimate of drug-likeness (QED) is 0.449. The minimum Gasteiger partial charge on any atom is -0.324 e. The highest BCUT2D eigenvalue weighted by molar-refractivity contribution is 6.06. The van der Waals surface area contributed by atoms with Crippen LogP contribution in [0.25, 0.3) is 11.4 Å². The van der Waals surface area contributed by atoms with Crippen LogP contribution in [0.3, 0.4) is 0 Å². The lowest BCUT2D eigenvalue weighted by Gasteiger charge is -2.38. The lowest BCUT2D eigenvalue weighted by molar-refractivity contribution is -0.737. The molecule has 0 amide bonds. The second-order valence-corrected chi connectivity index (χ2v) is 9.21. The molecule has 34 heavy (non-hydrogen) atoms. The predicted molar refractivity (Wildman–Crippen MR) is 138 cm³/mol. The summed E-state index contributed by atoms with van der Waals surface area (Å²) < 4.78 is 0.640. The molecule has 3 aliphatic rings. The number of hydrogen-bond donors (Lipinski definition) is 1. The first-order valence-corrected chi connectivity index (χ1v) is 12.0. The summed E-state index contributed by atoms with van der Waals surface area (Å²) in [5, 5.41) is 3.36. The minimum atomic E-state index is 0.457. The molecule has 168 valence electrons. The number of rotatable bonds is 5. The number of nitrogens with one attached hydrogen (secondary N) is 1. The number of amidine groups is 1. The van der Waals surface area contributed by atoms with Gasteiger partial charge in [0.2, 0.25) is 11.8 Å². The summed E-state index contributed by atoms with van der Waals surface area (Å²) in [7, 11) is 0. The smallest absolute Gasteiger partial charge is 0.238 e. The SMILES string of the molecule is Cc1ccc(C2=C(c3ccnc(Nc4ccccc4)n3)[N+]3(C4CCCC4)C=CC=CC3=N2)cc1. The average molecular weight is 447 g/mol. The van der Waals surface area contributed by atoms with E-state index in [0.717, 1.165) is 34.2 Å². The van der Waals surface area contributed by atoms with Crippen LogP contribution in [-0.4, -0.2) is 26.3 Å². The first-order chi connectivity index (χ1) is 16.7. The molecule has 0 bridgehead atoms. The molecule has 2 aromatic carbocycles. The molecule has 6 rings (SSSR count). The molecule has 1 atom stereocenters. The van der Waals surface area contributed by atoms with Crippen molar-refractivity contribution in [3.8, 4) is 0 Å². The Bertz CT molecular complexity index is 1330. The Balaban J connectivity index is 1.53. The molecule has 1 aromatic heterocycles. The second kappa shape index (κ2) is 8.50. The summed E-state index contributed by atoms with van der Waals surface area (Å²) >= 11 is 0. The first kappa shape index (κ1) is 20.8. The van der Waals surface area contributed by atoms with E-state index in [4.69, 9.17) is 9.98 Å². The Labute approximate surface area is 200 Å². The van der Waals surface area contributed by atoms with Crippen LogP contribution >= 0.6 is 0 Å². The number of aryl methyl sites for hydroxylation is 1. The molecule has 1 N–H and O–H groups in total. The number of aromatic nitrogens is 2. The maximum atomic E-state index is 5.25. The van der Waals surface area contributed by atoms with Gasteiger partial charge in [-0.25, -0.2) is 14.5 Å². The van der Waals surface area contributed by atoms with Gasteiger partial charge in [-0.15, -0.1) is 0 Å². The van der Waals surface area contributed by atoms with Crippen molar-refractivity contribution in [2.75, 3.05) is 5.32 Å². The summed E-state index contributed by atoms with van der Waals surface area (Å²) in [6.07, 6.45) is 15.5. The monoisotopic (exact) mass is 446 g/mol. The molecule has 3 heterocycles. The van der Waals surface area contributed by atoms with Crippen molar-refractivity contribution < 1.29 is 4.48 Å². The van der Waals surface area contributed by atoms with Crippen LogP contribution in [0.4, 0.5) is 11.6 Å². The van der Waals surface area contributed by atoms with Gasteiger partial charge >= 0.3 is 0 Å². The number of allylic oxidation sites excluding steroid dienone is 2. The van der Waals surface area contributed by atoms with Gasteiger partial charge in [0, 0.05) is 36.4 Å². The molecule has 0 radical (unpaired) electrons. The zero-order valence-electron chi connectivity index (χ0n) is 19.4. The lowest BCUT2D eigenvalue weighted by atomic mass is 10.0. The Hall–Kier alpha value is -3.83. The van der Waals surface area contributed by atoms with E-state index in [-0.39, 0.29) is 0 Å². The van der Waals surface area contributed by atoms with Crippen LogP contribution in [0, 0.1) is 6.92 Å². The van der Waals surface area contributed by atoms with Crippen LogP contribution in [-0.2, 0) is 0 Å². The summed E-state index contributed by atoms with van der Waals surface area (Å²) in [5.74, 6) is 1.67. The van der Waals surface area contributed by atoms with Gasteiger partial charge in [-0.2, -0.15) is 4.99 Å². The molecule has 0 saturated heterocycles. The molecule has 1 fully saturated rings. The van der Waals surface area contributed by atoms with Gasteiger partial charge in [-0.05, 0) is 50.1 Å². The van der Waals surface area contributed by atoms with Crippen LogP contribution < -0.4 is 5.32 Å². The van der Waals surface area contributed by atoms with Gasteiger partial charge in [0.15, 0.2) is 5.70 Å². The zero-order chi connectivity index (χ0) is 23.0. The van der Waals surface area contributed by atoms with E-state index in [9.17, 15) is 0 Å². The second-order valence-electron chi connectivity index (χ2n) is 9.21. The maximum absolute atomic E-state index is 5.25. The van der Waals surface area contributed by atoms with Crippen molar-refractivity contribution in [3.05, 3.63) is 108 Å². The lowest BCUT2D eigenvalue weighted by Crippen LogP contribution is -2.51. The van der Waals surface area contributed by atoms with Gasteiger partial charge in [0.05, 0.1) is 0 Å². The number of nitrogens with zero attached hydrogens (tertiary/aromatic N) is 4. The Morgan fingerprint density at radius 2 is 1.71 bits per heavy atom. The molecular formula is C29H28N5+. The molecule has 5 nitrogen and oxygen atoms in total. The van der Waals surface area contributed by atoms with Crippen molar-refractivity contribution in [2.45, 2.75) is 38.6 Å². The maximum Gasteiger partial charge on any atom is 0.238 e. The summed E-state index contributed by atoms with van der Waals surface area (Å²) in [6.45, 7) is 2.12. The highest BCUT2D eigenvalue weighted by Gasteiger charge is 2.52. The van der Waals surface area contributed by atoms with Crippen LogP contribution in [0.2, 0.25) is 0 Å². The van der Waals surface area contributed by atoms with Crippen LogP contribution in [0.5, 0.6) is 0 Å². The standard InChI is InChI=1S/C29H28N5/c1-21-14-16-22(17-15-21)27-28(25-18-19-30-29(32-25)31-23-9-3-2-4-10-23)34(24-11-5-6-12-24)20-8-7-13-26(34)33-27/h2-4,7-10,13-20,24H,5-6,11-12H2,1H3,(H,30,31,32)/q+1. The predicted octanol–water partition coefficient (Wildman–Crippen LogP) is 6.61. The highest BCUT2D eigenvalue weighted by Crippen LogP contribution is 2.48. The highest BCUT2D eigenvalue weighted by atomic mass is 15.4. The molecule has 0 spiro atoms.